The van der Waals surface area contributed by atoms with Gasteiger partial charge >= 0.3 is 0 Å². The lowest BCUT2D eigenvalue weighted by molar-refractivity contribution is -0.120. The summed E-state index contributed by atoms with van der Waals surface area (Å²) in [5.74, 6) is -3.34. The molecule has 0 aliphatic carbocycles. The van der Waals surface area contributed by atoms with E-state index in [1.807, 2.05) is 37.5 Å². The molecule has 2 amide bonds. The molecule has 3 aromatic heterocycles. The number of hydrogen-bond donors (Lipinski definition) is 7. The van der Waals surface area contributed by atoms with Crippen molar-refractivity contribution in [2.75, 3.05) is 69.6 Å². The first-order chi connectivity index (χ1) is 42.0. The van der Waals surface area contributed by atoms with E-state index in [0.717, 1.165) is 37.8 Å². The van der Waals surface area contributed by atoms with Crippen LogP contribution in [0, 0.1) is 22.7 Å². The van der Waals surface area contributed by atoms with E-state index >= 15 is 0 Å². The van der Waals surface area contributed by atoms with Crippen LogP contribution in [0.2, 0.25) is 0 Å². The number of carbonyl (C=O) groups is 4. The lowest BCUT2D eigenvalue weighted by atomic mass is 10.1. The van der Waals surface area contributed by atoms with Gasteiger partial charge in [-0.3, -0.25) is 28.3 Å². The van der Waals surface area contributed by atoms with Gasteiger partial charge in [0.1, 0.15) is 44.4 Å². The van der Waals surface area contributed by atoms with Crippen LogP contribution in [0.1, 0.15) is 62.4 Å². The number of aromatic nitrogens is 3. The minimum atomic E-state index is -5.20. The van der Waals surface area contributed by atoms with Crippen LogP contribution >= 0.6 is 34.4 Å². The van der Waals surface area contributed by atoms with Crippen LogP contribution in [0.3, 0.4) is 0 Å². The van der Waals surface area contributed by atoms with Crippen LogP contribution in [-0.2, 0) is 39.4 Å². The topological polar surface area (TPSA) is 388 Å². The molecule has 0 saturated carbocycles. The predicted octanol–water partition coefficient (Wildman–Crippen LogP) is 11.5. The molecule has 454 valence electrons. The summed E-state index contributed by atoms with van der Waals surface area (Å²) < 4.78 is 72.6. The monoisotopic (exact) mass is 1290 g/mol. The Morgan fingerprint density at radius 2 is 0.989 bits per heavy atom. The summed E-state index contributed by atoms with van der Waals surface area (Å²) in [6.07, 6.45) is 1.89. The second-order valence-electron chi connectivity index (χ2n) is 18.2. The average molecular weight is 1290 g/mol. The molecular formula is C57H55N15O11S5. The summed E-state index contributed by atoms with van der Waals surface area (Å²) in [4.78, 5) is 67.9. The zero-order valence-electron chi connectivity index (χ0n) is 47.7. The molecule has 0 unspecified atom stereocenters. The number of aliphatic hydroxyl groups is 1. The number of aliphatic hydroxyl groups excluding tert-OH is 1. The number of nitrogens with one attached hydrogen (secondary N) is 4. The summed E-state index contributed by atoms with van der Waals surface area (Å²) in [7, 11) is -10.4. The molecule has 31 heteroatoms. The molecule has 88 heavy (non-hydrogen) atoms. The number of thiophene rings is 2. The van der Waals surface area contributed by atoms with Crippen molar-refractivity contribution in [3.63, 3.8) is 0 Å². The van der Waals surface area contributed by atoms with Gasteiger partial charge in [0.25, 0.3) is 32.1 Å². The molecule has 7 N–H and O–H groups in total. The Hall–Kier alpha value is -9.44. The maximum atomic E-state index is 13.4. The third-order valence-electron chi connectivity index (χ3n) is 12.5. The number of anilines is 8. The second kappa shape index (κ2) is 29.8. The highest BCUT2D eigenvalue weighted by atomic mass is 32.2. The minimum absolute atomic E-state index is 0.0902. The predicted molar refractivity (Wildman–Crippen MR) is 338 cm³/mol. The van der Waals surface area contributed by atoms with Gasteiger partial charge in [0.15, 0.2) is 26.7 Å². The molecule has 0 saturated heterocycles. The van der Waals surface area contributed by atoms with Gasteiger partial charge in [0.2, 0.25) is 11.9 Å². The maximum absolute atomic E-state index is 13.4. The Labute approximate surface area is 518 Å². The van der Waals surface area contributed by atoms with E-state index < -0.39 is 75.7 Å². The fourth-order valence-corrected chi connectivity index (χ4v) is 13.2. The van der Waals surface area contributed by atoms with E-state index in [-0.39, 0.29) is 71.9 Å². The smallest absolute Gasteiger partial charge is 0.297 e. The number of nitrogens with zero attached hydrogens (tertiary/aromatic N) is 11. The Kier molecular flexibility index (Phi) is 22.4. The quantitative estimate of drug-likeness (QED) is 0.00628. The molecule has 0 fully saturated rings. The van der Waals surface area contributed by atoms with Gasteiger partial charge in [-0.25, -0.2) is 0 Å². The van der Waals surface area contributed by atoms with Crippen LogP contribution in [0.15, 0.2) is 144 Å². The zero-order valence-corrected chi connectivity index (χ0v) is 51.8. The van der Waals surface area contributed by atoms with Crippen LogP contribution < -0.4 is 31.1 Å². The maximum Gasteiger partial charge on any atom is 0.297 e. The number of para-hydroxylation sites is 2. The molecule has 7 aromatic rings. The van der Waals surface area contributed by atoms with Crippen molar-refractivity contribution in [2.45, 2.75) is 56.5 Å². The van der Waals surface area contributed by atoms with Crippen LogP contribution in [0.5, 0.6) is 0 Å². The molecule has 0 aliphatic heterocycles. The average Bonchev–Trinajstić information content (AvgIpc) is 2.36. The number of ketones is 2. The molecule has 0 atom stereocenters. The van der Waals surface area contributed by atoms with Gasteiger partial charge in [-0.05, 0) is 114 Å². The molecule has 0 bridgehead atoms. The van der Waals surface area contributed by atoms with Gasteiger partial charge < -0.3 is 36.2 Å². The Morgan fingerprint density at radius 3 is 1.32 bits per heavy atom. The fraction of sp³-hybridized carbons (Fsp3) is 0.211. The van der Waals surface area contributed by atoms with Crippen LogP contribution in [0.25, 0.3) is 12.2 Å². The summed E-state index contributed by atoms with van der Waals surface area (Å²) >= 11 is 2.20. The largest absolute Gasteiger partial charge is 0.396 e. The molecule has 4 aromatic carbocycles. The number of thioether (sulfide) groups is 1. The van der Waals surface area contributed by atoms with Gasteiger partial charge in [-0.15, -0.1) is 43.1 Å². The molecule has 3 heterocycles. The standard InChI is InChI=1S/C57H55N15O11S5/c1-7-71(8-2)37-21-23-43(67-69-53-41(31-58)49(87(78,79)80)47(85-53)29-39(33(5)74)51(76)60-35-17-13-11-14-18-35)45(27-37)62-55-64-56(66-57(65-55)84-26-25-73)63-46-28-38(72(9-3)10-4)22-24-44(46)68-70-54-42(32-59)50(88(81,82)83)48(86-54)30-40(34(6)75)52(77)61-36-19-15-12-16-20-36/h11-24,27-30,73H,7-10,25-26H2,1-6H3,(H,60,76)(H,61,77)(H,78,79,80)(H,81,82,83)(H2,62,63,64,65,66)/b39-29-,40-30+,69-67?,70-68?. The van der Waals surface area contributed by atoms with Crippen molar-refractivity contribution in [3.8, 4) is 12.1 Å². The van der Waals surface area contributed by atoms with Crippen LogP contribution in [0.4, 0.5) is 67.4 Å². The number of Topliss-reactive ketones (excluding diaryl/α,β-unsaturated/α-hetero) is 2. The summed E-state index contributed by atoms with van der Waals surface area (Å²) in [5.41, 5.74) is 0.436. The zero-order chi connectivity index (χ0) is 63.9. The molecule has 26 nitrogen and oxygen atoms in total. The van der Waals surface area contributed by atoms with Crippen molar-refractivity contribution in [2.24, 2.45) is 20.5 Å². The summed E-state index contributed by atoms with van der Waals surface area (Å²) in [5, 5.41) is 58.9. The number of carbonyl (C=O) groups excluding carboxylic acids is 4. The van der Waals surface area contributed by atoms with Gasteiger partial charge in [0.05, 0.1) is 38.9 Å². The van der Waals surface area contributed by atoms with Crippen molar-refractivity contribution >= 4 is 158 Å². The molecular weight excluding hydrogens is 1230 g/mol. The summed E-state index contributed by atoms with van der Waals surface area (Å²) in [6.45, 7) is 12.0. The van der Waals surface area contributed by atoms with Gasteiger partial charge in [-0.2, -0.15) is 42.3 Å². The number of rotatable bonds is 27. The van der Waals surface area contributed by atoms with Crippen molar-refractivity contribution < 1.29 is 50.2 Å². The first kappa shape index (κ1) is 66.1. The van der Waals surface area contributed by atoms with E-state index in [9.17, 15) is 60.7 Å². The van der Waals surface area contributed by atoms with E-state index in [1.165, 1.54) is 0 Å². The molecule has 0 radical (unpaired) electrons. The third-order valence-corrected chi connectivity index (χ3v) is 17.5. The van der Waals surface area contributed by atoms with Crippen molar-refractivity contribution in [3.05, 3.63) is 129 Å². The van der Waals surface area contributed by atoms with E-state index in [2.05, 4.69) is 56.7 Å². The highest BCUT2D eigenvalue weighted by Gasteiger charge is 2.31. The SMILES string of the molecule is CCN(CC)c1ccc(N=Nc2sc(/C=C(/C(C)=O)C(=O)Nc3ccccc3)c(S(=O)(=O)O)c2C#N)c(Nc2nc(Nc3cc(N(CC)CC)ccc3N=Nc3sc(/C=C(\C(C)=O)C(=O)Nc4ccccc4)c(S(=O)(=O)O)c3C#N)nc(SCCO)n2)c1. The van der Waals surface area contributed by atoms with E-state index in [0.29, 0.717) is 71.6 Å². The molecule has 7 rings (SSSR count). The molecule has 0 aliphatic rings. The number of benzene rings is 4. The summed E-state index contributed by atoms with van der Waals surface area (Å²) in [6, 6.07) is 29.8. The lowest BCUT2D eigenvalue weighted by Gasteiger charge is -2.22. The van der Waals surface area contributed by atoms with E-state index in [1.54, 1.807) is 109 Å². The van der Waals surface area contributed by atoms with Crippen molar-refractivity contribution in [1.29, 1.82) is 10.5 Å². The molecule has 0 spiro atoms. The van der Waals surface area contributed by atoms with Crippen molar-refractivity contribution in [1.82, 2.24) is 15.0 Å². The minimum Gasteiger partial charge on any atom is -0.396 e. The number of azo groups is 2. The lowest BCUT2D eigenvalue weighted by Crippen LogP contribution is -2.21. The highest BCUT2D eigenvalue weighted by Crippen LogP contribution is 2.44. The van der Waals surface area contributed by atoms with E-state index in [4.69, 9.17) is 0 Å². The first-order valence-electron chi connectivity index (χ1n) is 26.5. The number of amides is 2. The fourth-order valence-electron chi connectivity index (χ4n) is 8.34. The first-order valence-corrected chi connectivity index (χ1v) is 32.0. The Bertz CT molecular complexity index is 3980. The third kappa shape index (κ3) is 16.5. The van der Waals surface area contributed by atoms with Gasteiger partial charge in [0, 0.05) is 54.7 Å². The highest BCUT2D eigenvalue weighted by molar-refractivity contribution is 7.99. The van der Waals surface area contributed by atoms with Gasteiger partial charge in [-0.1, -0.05) is 48.2 Å². The van der Waals surface area contributed by atoms with Crippen LogP contribution in [-0.4, -0.2) is 108 Å². The number of nitriles is 2. The second-order valence-corrected chi connectivity index (χ2v) is 24.1. The number of hydrogen-bond acceptors (Lipinski definition) is 25. The Balaban J connectivity index is 1.32. The normalized spacial score (nSPS) is 11.9. The Morgan fingerprint density at radius 1 is 0.602 bits per heavy atom.